The number of anilines is 2. The van der Waals surface area contributed by atoms with Crippen LogP contribution in [0.1, 0.15) is 4.88 Å². The van der Waals surface area contributed by atoms with Crippen LogP contribution in [0.5, 0.6) is 0 Å². The number of halogens is 1. The molecule has 0 unspecified atom stereocenters. The molecule has 0 radical (unpaired) electrons. The maximum absolute atomic E-state index is 12.2. The number of thiophene rings is 1. The smallest absolute Gasteiger partial charge is 0.263 e. The van der Waals surface area contributed by atoms with E-state index in [1.54, 1.807) is 23.5 Å². The maximum atomic E-state index is 12.2. The summed E-state index contributed by atoms with van der Waals surface area (Å²) in [7, 11) is -3.72. The third kappa shape index (κ3) is 4.22. The molecule has 0 aliphatic rings. The van der Waals surface area contributed by atoms with Gasteiger partial charge in [0.25, 0.3) is 10.0 Å². The number of sulfonamides is 1. The van der Waals surface area contributed by atoms with Gasteiger partial charge in [0.05, 0.1) is 11.4 Å². The molecule has 24 heavy (non-hydrogen) atoms. The second-order valence-corrected chi connectivity index (χ2v) is 7.95. The minimum atomic E-state index is -3.72. The van der Waals surface area contributed by atoms with Crippen molar-refractivity contribution in [2.24, 2.45) is 0 Å². The molecule has 2 aromatic heterocycles. The fraction of sp³-hybridized carbons (Fsp3) is 0.0667. The van der Waals surface area contributed by atoms with Gasteiger partial charge in [0.2, 0.25) is 0 Å². The molecule has 0 aliphatic heterocycles. The number of nitrogens with zero attached hydrogens (tertiary/aromatic N) is 2. The molecule has 0 saturated carbocycles. The SMILES string of the molecule is O=S(=O)(Nc1ccc(NCc2cccs2)nn1)c1ccc(Cl)cc1. The molecule has 0 bridgehead atoms. The van der Waals surface area contributed by atoms with Crippen molar-refractivity contribution in [2.45, 2.75) is 11.4 Å². The van der Waals surface area contributed by atoms with Crippen LogP contribution >= 0.6 is 22.9 Å². The van der Waals surface area contributed by atoms with Crippen LogP contribution in [-0.2, 0) is 16.6 Å². The van der Waals surface area contributed by atoms with Gasteiger partial charge in [-0.3, -0.25) is 4.72 Å². The van der Waals surface area contributed by atoms with Crippen molar-refractivity contribution >= 4 is 44.6 Å². The van der Waals surface area contributed by atoms with Crippen LogP contribution in [0.4, 0.5) is 11.6 Å². The first-order valence-electron chi connectivity index (χ1n) is 6.91. The lowest BCUT2D eigenvalue weighted by Gasteiger charge is -2.08. The Hall–Kier alpha value is -2.16. The van der Waals surface area contributed by atoms with E-state index in [9.17, 15) is 8.42 Å². The van der Waals surface area contributed by atoms with Gasteiger partial charge in [0.15, 0.2) is 5.82 Å². The van der Waals surface area contributed by atoms with E-state index in [0.717, 1.165) is 0 Å². The summed E-state index contributed by atoms with van der Waals surface area (Å²) in [6.07, 6.45) is 0. The molecule has 0 spiro atoms. The summed E-state index contributed by atoms with van der Waals surface area (Å²) in [5, 5.41) is 13.4. The molecular weight excluding hydrogens is 368 g/mol. The predicted octanol–water partition coefficient (Wildman–Crippen LogP) is 3.60. The van der Waals surface area contributed by atoms with E-state index in [1.165, 1.54) is 29.1 Å². The van der Waals surface area contributed by atoms with Crippen molar-refractivity contribution in [3.8, 4) is 0 Å². The normalized spacial score (nSPS) is 11.2. The van der Waals surface area contributed by atoms with E-state index in [-0.39, 0.29) is 10.7 Å². The molecule has 0 saturated heterocycles. The van der Waals surface area contributed by atoms with Gasteiger partial charge >= 0.3 is 0 Å². The van der Waals surface area contributed by atoms with Crippen molar-refractivity contribution < 1.29 is 8.42 Å². The molecule has 0 aliphatic carbocycles. The average molecular weight is 381 g/mol. The van der Waals surface area contributed by atoms with Crippen LogP contribution in [0.25, 0.3) is 0 Å². The highest BCUT2D eigenvalue weighted by Gasteiger charge is 2.14. The Kier molecular flexibility index (Phi) is 4.98. The Morgan fingerprint density at radius 1 is 1.00 bits per heavy atom. The summed E-state index contributed by atoms with van der Waals surface area (Å²) < 4.78 is 26.9. The molecule has 0 fully saturated rings. The maximum Gasteiger partial charge on any atom is 0.263 e. The van der Waals surface area contributed by atoms with Crippen LogP contribution in [0.15, 0.2) is 58.8 Å². The van der Waals surface area contributed by atoms with Gasteiger partial charge < -0.3 is 5.32 Å². The van der Waals surface area contributed by atoms with E-state index in [2.05, 4.69) is 20.2 Å². The molecule has 0 atom stereocenters. The van der Waals surface area contributed by atoms with Gasteiger partial charge in [-0.05, 0) is 47.8 Å². The Labute approximate surface area is 148 Å². The second-order valence-electron chi connectivity index (χ2n) is 4.80. The van der Waals surface area contributed by atoms with E-state index >= 15 is 0 Å². The van der Waals surface area contributed by atoms with Crippen molar-refractivity contribution in [3.63, 3.8) is 0 Å². The molecule has 1 aromatic carbocycles. The monoisotopic (exact) mass is 380 g/mol. The Bertz CT molecular complexity index is 896. The summed E-state index contributed by atoms with van der Waals surface area (Å²) >= 11 is 7.40. The fourth-order valence-electron chi connectivity index (χ4n) is 1.88. The quantitative estimate of drug-likeness (QED) is 0.682. The Morgan fingerprint density at radius 2 is 1.71 bits per heavy atom. The third-order valence-corrected chi connectivity index (χ3v) is 5.55. The first-order valence-corrected chi connectivity index (χ1v) is 9.65. The molecule has 3 aromatic rings. The summed E-state index contributed by atoms with van der Waals surface area (Å²) in [6, 6.07) is 13.1. The first-order chi connectivity index (χ1) is 11.5. The largest absolute Gasteiger partial charge is 0.364 e. The summed E-state index contributed by atoms with van der Waals surface area (Å²) in [4.78, 5) is 1.28. The molecule has 124 valence electrons. The Balaban J connectivity index is 1.66. The lowest BCUT2D eigenvalue weighted by Crippen LogP contribution is -2.14. The average Bonchev–Trinajstić information content (AvgIpc) is 3.08. The lowest BCUT2D eigenvalue weighted by atomic mass is 10.4. The van der Waals surface area contributed by atoms with E-state index < -0.39 is 10.0 Å². The number of hydrogen-bond acceptors (Lipinski definition) is 6. The van der Waals surface area contributed by atoms with Crippen molar-refractivity contribution in [2.75, 3.05) is 10.0 Å². The van der Waals surface area contributed by atoms with Gasteiger partial charge in [-0.25, -0.2) is 8.42 Å². The highest BCUT2D eigenvalue weighted by atomic mass is 35.5. The van der Waals surface area contributed by atoms with Gasteiger partial charge in [0.1, 0.15) is 5.82 Å². The van der Waals surface area contributed by atoms with E-state index in [4.69, 9.17) is 11.6 Å². The number of benzene rings is 1. The van der Waals surface area contributed by atoms with Crippen molar-refractivity contribution in [1.29, 1.82) is 0 Å². The zero-order valence-corrected chi connectivity index (χ0v) is 14.7. The number of aromatic nitrogens is 2. The van der Waals surface area contributed by atoms with Crippen LogP contribution < -0.4 is 10.0 Å². The van der Waals surface area contributed by atoms with Gasteiger partial charge in [-0.1, -0.05) is 17.7 Å². The topological polar surface area (TPSA) is 84.0 Å². The summed E-state index contributed by atoms with van der Waals surface area (Å²) in [5.74, 6) is 0.712. The molecule has 2 N–H and O–H groups in total. The van der Waals surface area contributed by atoms with Crippen LogP contribution in [0, 0.1) is 0 Å². The summed E-state index contributed by atoms with van der Waals surface area (Å²) in [6.45, 7) is 0.641. The standard InChI is InChI=1S/C15H13ClN4O2S2/c16-11-3-5-13(6-4-11)24(21,22)20-15-8-7-14(18-19-15)17-10-12-2-1-9-23-12/h1-9H,10H2,(H,17,18)(H,19,20). The zero-order chi connectivity index (χ0) is 17.0. The number of nitrogens with one attached hydrogen (secondary N) is 2. The third-order valence-electron chi connectivity index (χ3n) is 3.05. The van der Waals surface area contributed by atoms with Crippen molar-refractivity contribution in [3.05, 3.63) is 63.8 Å². The van der Waals surface area contributed by atoms with Crippen LogP contribution in [-0.4, -0.2) is 18.6 Å². The van der Waals surface area contributed by atoms with Gasteiger partial charge in [-0.2, -0.15) is 0 Å². The lowest BCUT2D eigenvalue weighted by molar-refractivity contribution is 0.601. The molecule has 2 heterocycles. The first kappa shape index (κ1) is 16.7. The number of hydrogen-bond donors (Lipinski definition) is 2. The fourth-order valence-corrected chi connectivity index (χ4v) is 3.65. The van der Waals surface area contributed by atoms with Gasteiger partial charge in [0, 0.05) is 9.90 Å². The van der Waals surface area contributed by atoms with Crippen LogP contribution in [0.3, 0.4) is 0 Å². The Morgan fingerprint density at radius 3 is 2.33 bits per heavy atom. The highest BCUT2D eigenvalue weighted by molar-refractivity contribution is 7.92. The minimum absolute atomic E-state index is 0.105. The number of rotatable bonds is 6. The molecule has 6 nitrogen and oxygen atoms in total. The van der Waals surface area contributed by atoms with Crippen LogP contribution in [0.2, 0.25) is 5.02 Å². The van der Waals surface area contributed by atoms with E-state index in [0.29, 0.717) is 17.4 Å². The predicted molar refractivity (Wildman–Crippen MR) is 95.9 cm³/mol. The van der Waals surface area contributed by atoms with E-state index in [1.807, 2.05) is 17.5 Å². The second kappa shape index (κ2) is 7.16. The molecular formula is C15H13ClN4O2S2. The van der Waals surface area contributed by atoms with Crippen molar-refractivity contribution in [1.82, 2.24) is 10.2 Å². The molecule has 3 rings (SSSR count). The minimum Gasteiger partial charge on any atom is -0.364 e. The molecule has 9 heteroatoms. The van der Waals surface area contributed by atoms with Gasteiger partial charge in [-0.15, -0.1) is 21.5 Å². The highest BCUT2D eigenvalue weighted by Crippen LogP contribution is 2.17. The summed E-state index contributed by atoms with van der Waals surface area (Å²) in [5.41, 5.74) is 0. The molecule has 0 amide bonds. The zero-order valence-electron chi connectivity index (χ0n) is 12.3.